The molecule has 1 fully saturated rings. The number of pyridine rings is 1. The van der Waals surface area contributed by atoms with E-state index in [1.54, 1.807) is 0 Å². The highest BCUT2D eigenvalue weighted by molar-refractivity contribution is 5.54. The Morgan fingerprint density at radius 2 is 2.18 bits per heavy atom. The number of rotatable bonds is 4. The van der Waals surface area contributed by atoms with Gasteiger partial charge in [-0.2, -0.15) is 0 Å². The Balaban J connectivity index is 1.36. The van der Waals surface area contributed by atoms with Crippen LogP contribution in [0.25, 0.3) is 11.4 Å². The van der Waals surface area contributed by atoms with E-state index in [-0.39, 0.29) is 0 Å². The fourth-order valence-electron chi connectivity index (χ4n) is 4.60. The van der Waals surface area contributed by atoms with Gasteiger partial charge in [-0.15, -0.1) is 0 Å². The summed E-state index contributed by atoms with van der Waals surface area (Å²) in [6.07, 6.45) is 9.15. The van der Waals surface area contributed by atoms with Crippen LogP contribution < -0.4 is 4.74 Å². The monoisotopic (exact) mass is 374 g/mol. The molecule has 5 nitrogen and oxygen atoms in total. The number of hydrogen-bond donors (Lipinski definition) is 0. The molecule has 1 unspecified atom stereocenters. The molecule has 5 heteroatoms. The zero-order valence-corrected chi connectivity index (χ0v) is 16.3. The lowest BCUT2D eigenvalue weighted by Gasteiger charge is -2.35. The zero-order valence-electron chi connectivity index (χ0n) is 16.3. The van der Waals surface area contributed by atoms with E-state index in [0.717, 1.165) is 49.8 Å². The van der Waals surface area contributed by atoms with Gasteiger partial charge in [0.1, 0.15) is 11.6 Å². The molecule has 3 aromatic rings. The van der Waals surface area contributed by atoms with E-state index in [1.165, 1.54) is 29.7 Å². The van der Waals surface area contributed by atoms with Gasteiger partial charge in [0.15, 0.2) is 0 Å². The summed E-state index contributed by atoms with van der Waals surface area (Å²) in [5.41, 5.74) is 5.06. The van der Waals surface area contributed by atoms with Crippen LogP contribution in [0.1, 0.15) is 35.7 Å². The number of ether oxygens (including phenoxy) is 1. The van der Waals surface area contributed by atoms with Crippen LogP contribution in [0.15, 0.2) is 48.9 Å². The molecule has 0 bridgehead atoms. The van der Waals surface area contributed by atoms with Crippen LogP contribution in [0.4, 0.5) is 0 Å². The third-order valence-electron chi connectivity index (χ3n) is 5.91. The third-order valence-corrected chi connectivity index (χ3v) is 5.91. The third kappa shape index (κ3) is 3.31. The molecule has 1 aromatic carbocycles. The van der Waals surface area contributed by atoms with E-state index in [1.807, 2.05) is 24.7 Å². The zero-order chi connectivity index (χ0) is 18.9. The van der Waals surface area contributed by atoms with Crippen LogP contribution in [0.5, 0.6) is 5.75 Å². The topological polar surface area (TPSA) is 43.2 Å². The van der Waals surface area contributed by atoms with Gasteiger partial charge in [0.05, 0.1) is 6.61 Å². The Hall–Kier alpha value is -2.66. The second-order valence-corrected chi connectivity index (χ2v) is 7.91. The van der Waals surface area contributed by atoms with Crippen molar-refractivity contribution in [2.24, 2.45) is 0 Å². The number of fused-ring (bicyclic) bond motifs is 1. The molecule has 2 aliphatic heterocycles. The summed E-state index contributed by atoms with van der Waals surface area (Å²) in [5.74, 6) is 2.10. The fraction of sp³-hybridized carbons (Fsp3) is 0.391. The number of aromatic nitrogens is 3. The summed E-state index contributed by atoms with van der Waals surface area (Å²) >= 11 is 0. The molecule has 2 aromatic heterocycles. The van der Waals surface area contributed by atoms with Crippen molar-refractivity contribution >= 4 is 0 Å². The van der Waals surface area contributed by atoms with Crippen molar-refractivity contribution in [2.75, 3.05) is 19.7 Å². The van der Waals surface area contributed by atoms with Gasteiger partial charge in [-0.3, -0.25) is 9.88 Å². The summed E-state index contributed by atoms with van der Waals surface area (Å²) in [6.45, 7) is 6.19. The van der Waals surface area contributed by atoms with Crippen molar-refractivity contribution in [1.82, 2.24) is 19.4 Å². The average molecular weight is 374 g/mol. The average Bonchev–Trinajstić information content (AvgIpc) is 3.35. The molecule has 4 heterocycles. The molecular formula is C23H26N4O. The molecule has 5 rings (SSSR count). The van der Waals surface area contributed by atoms with Crippen LogP contribution in [0.2, 0.25) is 0 Å². The lowest BCUT2D eigenvalue weighted by atomic mass is 10.0. The minimum Gasteiger partial charge on any atom is -0.493 e. The van der Waals surface area contributed by atoms with Crippen LogP contribution >= 0.6 is 0 Å². The van der Waals surface area contributed by atoms with Crippen LogP contribution in [-0.4, -0.2) is 39.1 Å². The number of aryl methyl sites for hydroxylation is 1. The van der Waals surface area contributed by atoms with Crippen molar-refractivity contribution in [2.45, 2.75) is 38.8 Å². The first-order valence-corrected chi connectivity index (χ1v) is 10.2. The number of benzene rings is 1. The lowest BCUT2D eigenvalue weighted by Crippen LogP contribution is -2.36. The lowest BCUT2D eigenvalue weighted by molar-refractivity contribution is 0.170. The molecule has 0 aliphatic carbocycles. The van der Waals surface area contributed by atoms with Crippen LogP contribution in [0, 0.1) is 6.92 Å². The maximum absolute atomic E-state index is 5.65. The van der Waals surface area contributed by atoms with Crippen molar-refractivity contribution in [3.05, 3.63) is 65.7 Å². The number of likely N-dealkylation sites (tertiary alicyclic amines) is 1. The van der Waals surface area contributed by atoms with E-state index in [0.29, 0.717) is 6.04 Å². The number of imidazole rings is 1. The van der Waals surface area contributed by atoms with Gasteiger partial charge in [0.2, 0.25) is 0 Å². The maximum Gasteiger partial charge on any atom is 0.141 e. The summed E-state index contributed by atoms with van der Waals surface area (Å²) in [6, 6.07) is 11.2. The van der Waals surface area contributed by atoms with Gasteiger partial charge in [-0.25, -0.2) is 4.98 Å². The Kier molecular flexibility index (Phi) is 4.61. The van der Waals surface area contributed by atoms with Gasteiger partial charge in [-0.1, -0.05) is 12.1 Å². The first-order valence-electron chi connectivity index (χ1n) is 10.2. The van der Waals surface area contributed by atoms with E-state index in [9.17, 15) is 0 Å². The molecular weight excluding hydrogens is 348 g/mol. The Morgan fingerprint density at radius 1 is 1.21 bits per heavy atom. The Labute approximate surface area is 166 Å². The van der Waals surface area contributed by atoms with Crippen molar-refractivity contribution in [3.8, 4) is 17.1 Å². The second-order valence-electron chi connectivity index (χ2n) is 7.91. The predicted octanol–water partition coefficient (Wildman–Crippen LogP) is 4.03. The highest BCUT2D eigenvalue weighted by Gasteiger charge is 2.25. The van der Waals surface area contributed by atoms with E-state index in [4.69, 9.17) is 9.72 Å². The molecule has 2 aliphatic rings. The van der Waals surface area contributed by atoms with Gasteiger partial charge in [0.25, 0.3) is 0 Å². The van der Waals surface area contributed by atoms with Gasteiger partial charge in [0, 0.05) is 55.4 Å². The predicted molar refractivity (Wildman–Crippen MR) is 109 cm³/mol. The molecule has 0 spiro atoms. The molecule has 1 atom stereocenters. The quantitative estimate of drug-likeness (QED) is 0.692. The smallest absolute Gasteiger partial charge is 0.141 e. The normalized spacial score (nSPS) is 19.4. The van der Waals surface area contributed by atoms with E-state index >= 15 is 0 Å². The van der Waals surface area contributed by atoms with Gasteiger partial charge >= 0.3 is 0 Å². The van der Waals surface area contributed by atoms with Crippen molar-refractivity contribution in [3.63, 3.8) is 0 Å². The number of hydrogen-bond acceptors (Lipinski definition) is 4. The second kappa shape index (κ2) is 7.40. The first kappa shape index (κ1) is 17.4. The summed E-state index contributed by atoms with van der Waals surface area (Å²) in [5, 5.41) is 0. The fourth-order valence-corrected chi connectivity index (χ4v) is 4.60. The summed E-state index contributed by atoms with van der Waals surface area (Å²) in [7, 11) is 0. The first-order chi connectivity index (χ1) is 13.8. The van der Waals surface area contributed by atoms with E-state index < -0.39 is 0 Å². The molecule has 1 saturated heterocycles. The minimum atomic E-state index is 0.448. The standard InChI is InChI=1S/C23H26N4O/c1-17-13-25-23(20-4-2-9-24-14-20)27(17)21-5-3-10-26(16-21)15-18-6-7-22-19(12-18)8-11-28-22/h2,4,6-7,9,12-14,21H,3,5,8,10-11,15-16H2,1H3. The highest BCUT2D eigenvalue weighted by atomic mass is 16.5. The van der Waals surface area contributed by atoms with Crippen molar-refractivity contribution < 1.29 is 4.74 Å². The summed E-state index contributed by atoms with van der Waals surface area (Å²) < 4.78 is 8.07. The van der Waals surface area contributed by atoms with Crippen LogP contribution in [0.3, 0.4) is 0 Å². The molecule has 0 N–H and O–H groups in total. The molecule has 0 saturated carbocycles. The Morgan fingerprint density at radius 3 is 3.07 bits per heavy atom. The van der Waals surface area contributed by atoms with Crippen LogP contribution in [-0.2, 0) is 13.0 Å². The van der Waals surface area contributed by atoms with E-state index in [2.05, 4.69) is 45.6 Å². The van der Waals surface area contributed by atoms with Gasteiger partial charge < -0.3 is 9.30 Å². The number of nitrogens with zero attached hydrogens (tertiary/aromatic N) is 4. The molecule has 0 amide bonds. The largest absolute Gasteiger partial charge is 0.493 e. The molecule has 144 valence electrons. The SMILES string of the molecule is Cc1cnc(-c2cccnc2)n1C1CCCN(Cc2ccc3c(c2)CCO3)C1. The number of piperidine rings is 1. The molecule has 28 heavy (non-hydrogen) atoms. The minimum absolute atomic E-state index is 0.448. The maximum atomic E-state index is 5.65. The Bertz CT molecular complexity index is 966. The summed E-state index contributed by atoms with van der Waals surface area (Å²) in [4.78, 5) is 11.6. The van der Waals surface area contributed by atoms with Gasteiger partial charge in [-0.05, 0) is 55.6 Å². The highest BCUT2D eigenvalue weighted by Crippen LogP contribution is 2.31. The van der Waals surface area contributed by atoms with Crippen molar-refractivity contribution in [1.29, 1.82) is 0 Å². The molecule has 0 radical (unpaired) electrons.